The predicted octanol–water partition coefficient (Wildman–Crippen LogP) is 4.70. The number of carbonyl (C=O) groups excluding carboxylic acids is 1. The highest BCUT2D eigenvalue weighted by molar-refractivity contribution is 5.99. The van der Waals surface area contributed by atoms with E-state index in [1.807, 2.05) is 19.3 Å². The second-order valence-corrected chi connectivity index (χ2v) is 10.6. The lowest BCUT2D eigenvalue weighted by Crippen LogP contribution is -2.44. The number of ether oxygens (including phenoxy) is 1. The number of likely N-dealkylation sites (tertiary alicyclic amines) is 1. The van der Waals surface area contributed by atoms with Crippen LogP contribution in [0.25, 0.3) is 11.1 Å². The van der Waals surface area contributed by atoms with Crippen LogP contribution in [0.4, 0.5) is 5.82 Å². The van der Waals surface area contributed by atoms with Gasteiger partial charge in [-0.15, -0.1) is 0 Å². The Kier molecular flexibility index (Phi) is 8.28. The molecule has 0 bridgehead atoms. The molecule has 5 rings (SSSR count). The molecule has 3 N–H and O–H groups in total. The summed E-state index contributed by atoms with van der Waals surface area (Å²) in [6.07, 6.45) is 6.09. The highest BCUT2D eigenvalue weighted by Crippen LogP contribution is 2.28. The van der Waals surface area contributed by atoms with Crippen LogP contribution in [0, 0.1) is 6.92 Å². The topological polar surface area (TPSA) is 98.3 Å². The van der Waals surface area contributed by atoms with Crippen LogP contribution in [0.15, 0.2) is 73.2 Å². The van der Waals surface area contributed by atoms with E-state index in [2.05, 4.69) is 83.5 Å². The summed E-state index contributed by atoms with van der Waals surface area (Å²) in [7, 11) is 1.85. The highest BCUT2D eigenvalue weighted by atomic mass is 16.5. The number of nitrogen functional groups attached to an aromatic ring is 1. The molecule has 2 aromatic heterocycles. The second-order valence-electron chi connectivity index (χ2n) is 10.6. The van der Waals surface area contributed by atoms with Gasteiger partial charge in [-0.25, -0.2) is 4.98 Å². The summed E-state index contributed by atoms with van der Waals surface area (Å²) in [4.78, 5) is 20.2. The minimum absolute atomic E-state index is 0.181. The molecule has 3 heterocycles. The molecule has 1 aliphatic heterocycles. The number of carbonyl (C=O) groups is 1. The molecule has 1 amide bonds. The fourth-order valence-corrected chi connectivity index (χ4v) is 5.40. The minimum atomic E-state index is -0.257. The summed E-state index contributed by atoms with van der Waals surface area (Å²) in [5.74, 6) is -0.0611. The summed E-state index contributed by atoms with van der Waals surface area (Å²) in [6.45, 7) is 8.36. The summed E-state index contributed by atoms with van der Waals surface area (Å²) in [5.41, 5.74) is 13.2. The Bertz CT molecular complexity index is 1470. The molecule has 1 fully saturated rings. The van der Waals surface area contributed by atoms with Gasteiger partial charge in [0.05, 0.1) is 30.5 Å². The van der Waals surface area contributed by atoms with Gasteiger partial charge in [-0.05, 0) is 48.6 Å². The SMILES string of the molecule is CCc1cc(CO[C@H]2CN(C(C)c3ccccc3)C[C@@H]2NC(=O)c2cc(-c3cnn(C)c3)cnc2N)ccc1C. The fourth-order valence-electron chi connectivity index (χ4n) is 5.40. The number of hydrogen-bond donors (Lipinski definition) is 2. The number of hydrogen-bond acceptors (Lipinski definition) is 6. The van der Waals surface area contributed by atoms with Crippen molar-refractivity contribution in [2.45, 2.75) is 52.0 Å². The van der Waals surface area contributed by atoms with Crippen LogP contribution < -0.4 is 11.1 Å². The third-order valence-electron chi connectivity index (χ3n) is 7.90. The van der Waals surface area contributed by atoms with Crippen LogP contribution in [0.1, 0.15) is 52.5 Å². The number of anilines is 1. The van der Waals surface area contributed by atoms with E-state index in [0.717, 1.165) is 23.1 Å². The molecule has 1 unspecified atom stereocenters. The zero-order valence-corrected chi connectivity index (χ0v) is 23.7. The van der Waals surface area contributed by atoms with Gasteiger partial charge in [-0.3, -0.25) is 14.4 Å². The Labute approximate surface area is 236 Å². The standard InChI is InChI=1S/C32H38N6O2/c1-5-24-13-23(12-11-21(24)2)20-40-30-19-38(22(3)25-9-7-6-8-10-25)18-29(30)36-32(39)28-14-26(15-34-31(28)33)27-16-35-37(4)17-27/h6-17,22,29-30H,5,18-20H2,1-4H3,(H2,33,34)(H,36,39)/t22?,29-,30-/m0/s1. The lowest BCUT2D eigenvalue weighted by Gasteiger charge is -2.24. The van der Waals surface area contributed by atoms with Gasteiger partial charge in [0.2, 0.25) is 0 Å². The van der Waals surface area contributed by atoms with Crippen LogP contribution in [-0.4, -0.2) is 50.8 Å². The lowest BCUT2D eigenvalue weighted by molar-refractivity contribution is 0.0296. The number of nitrogens with one attached hydrogen (secondary N) is 1. The maximum Gasteiger partial charge on any atom is 0.255 e. The van der Waals surface area contributed by atoms with E-state index in [0.29, 0.717) is 25.3 Å². The second kappa shape index (κ2) is 12.0. The Morgan fingerprint density at radius 2 is 1.93 bits per heavy atom. The smallest absolute Gasteiger partial charge is 0.255 e. The quantitative estimate of drug-likeness (QED) is 0.321. The van der Waals surface area contributed by atoms with Crippen molar-refractivity contribution < 1.29 is 9.53 Å². The first-order valence-corrected chi connectivity index (χ1v) is 13.9. The third-order valence-corrected chi connectivity index (χ3v) is 7.90. The van der Waals surface area contributed by atoms with Crippen molar-refractivity contribution in [2.24, 2.45) is 7.05 Å². The molecule has 208 valence electrons. The van der Waals surface area contributed by atoms with E-state index < -0.39 is 0 Å². The van der Waals surface area contributed by atoms with Gasteiger partial charge >= 0.3 is 0 Å². The largest absolute Gasteiger partial charge is 0.383 e. The van der Waals surface area contributed by atoms with Gasteiger partial charge in [0.1, 0.15) is 5.82 Å². The molecule has 3 atom stereocenters. The monoisotopic (exact) mass is 538 g/mol. The van der Waals surface area contributed by atoms with E-state index >= 15 is 0 Å². The number of aryl methyl sites for hydroxylation is 3. The van der Waals surface area contributed by atoms with Crippen molar-refractivity contribution in [1.82, 2.24) is 25.0 Å². The van der Waals surface area contributed by atoms with Crippen molar-refractivity contribution >= 4 is 11.7 Å². The summed E-state index contributed by atoms with van der Waals surface area (Å²) < 4.78 is 8.22. The van der Waals surface area contributed by atoms with Gasteiger partial charge in [-0.2, -0.15) is 5.10 Å². The van der Waals surface area contributed by atoms with Crippen LogP contribution in [0.2, 0.25) is 0 Å². The number of nitrogens with two attached hydrogens (primary N) is 1. The van der Waals surface area contributed by atoms with Crippen LogP contribution in [0.5, 0.6) is 0 Å². The molecule has 0 radical (unpaired) electrons. The van der Waals surface area contributed by atoms with E-state index in [9.17, 15) is 4.79 Å². The summed E-state index contributed by atoms with van der Waals surface area (Å²) in [5, 5.41) is 7.46. The number of pyridine rings is 1. The molecule has 8 heteroatoms. The number of rotatable bonds is 9. The van der Waals surface area contributed by atoms with Crippen molar-refractivity contribution in [2.75, 3.05) is 18.8 Å². The van der Waals surface area contributed by atoms with E-state index in [4.69, 9.17) is 10.5 Å². The van der Waals surface area contributed by atoms with Crippen molar-refractivity contribution in [3.8, 4) is 11.1 Å². The van der Waals surface area contributed by atoms with E-state index in [1.165, 1.54) is 16.7 Å². The molecule has 0 saturated carbocycles. The van der Waals surface area contributed by atoms with Crippen molar-refractivity contribution in [1.29, 1.82) is 0 Å². The summed E-state index contributed by atoms with van der Waals surface area (Å²) >= 11 is 0. The number of amides is 1. The Hall–Kier alpha value is -4.01. The van der Waals surface area contributed by atoms with E-state index in [1.54, 1.807) is 23.1 Å². The van der Waals surface area contributed by atoms with Gasteiger partial charge in [-0.1, -0.05) is 55.5 Å². The Balaban J connectivity index is 1.36. The molecule has 2 aromatic carbocycles. The fraction of sp³-hybridized carbons (Fsp3) is 0.344. The normalized spacial score (nSPS) is 18.1. The number of aromatic nitrogens is 3. The number of benzene rings is 2. The zero-order valence-electron chi connectivity index (χ0n) is 23.7. The first kappa shape index (κ1) is 27.6. The first-order valence-electron chi connectivity index (χ1n) is 13.9. The van der Waals surface area contributed by atoms with Crippen LogP contribution in [-0.2, 0) is 24.8 Å². The molecule has 8 nitrogen and oxygen atoms in total. The van der Waals surface area contributed by atoms with E-state index in [-0.39, 0.29) is 29.9 Å². The highest BCUT2D eigenvalue weighted by Gasteiger charge is 2.37. The van der Waals surface area contributed by atoms with Gasteiger partial charge < -0.3 is 15.8 Å². The third kappa shape index (κ3) is 6.08. The Morgan fingerprint density at radius 1 is 1.12 bits per heavy atom. The predicted molar refractivity (Wildman–Crippen MR) is 158 cm³/mol. The summed E-state index contributed by atoms with van der Waals surface area (Å²) in [6, 6.07) is 18.7. The molecular weight excluding hydrogens is 500 g/mol. The first-order chi connectivity index (χ1) is 19.3. The molecule has 0 spiro atoms. The maximum atomic E-state index is 13.6. The van der Waals surface area contributed by atoms with Crippen LogP contribution >= 0.6 is 0 Å². The van der Waals surface area contributed by atoms with Crippen LogP contribution in [0.3, 0.4) is 0 Å². The van der Waals surface area contributed by atoms with Gasteiger partial charge in [0, 0.05) is 49.7 Å². The Morgan fingerprint density at radius 3 is 2.65 bits per heavy atom. The average Bonchev–Trinajstić information content (AvgIpc) is 3.58. The zero-order chi connectivity index (χ0) is 28.2. The number of nitrogens with zero attached hydrogens (tertiary/aromatic N) is 4. The molecule has 1 saturated heterocycles. The lowest BCUT2D eigenvalue weighted by atomic mass is 10.0. The molecule has 40 heavy (non-hydrogen) atoms. The average molecular weight is 539 g/mol. The van der Waals surface area contributed by atoms with Gasteiger partial charge in [0.25, 0.3) is 5.91 Å². The maximum absolute atomic E-state index is 13.6. The molecule has 0 aliphatic carbocycles. The molecular formula is C32H38N6O2. The minimum Gasteiger partial charge on any atom is -0.383 e. The van der Waals surface area contributed by atoms with Crippen molar-refractivity contribution in [3.05, 3.63) is 101 Å². The molecule has 4 aromatic rings. The van der Waals surface area contributed by atoms with Crippen molar-refractivity contribution in [3.63, 3.8) is 0 Å². The van der Waals surface area contributed by atoms with Gasteiger partial charge in [0.15, 0.2) is 0 Å². The molecule has 1 aliphatic rings.